The molecule has 0 bridgehead atoms. The molecule has 0 radical (unpaired) electrons. The molecule has 0 N–H and O–H groups in total. The Labute approximate surface area is 136 Å². The molecule has 22 heavy (non-hydrogen) atoms. The average Bonchev–Trinajstić information content (AvgIpc) is 2.51. The maximum atomic E-state index is 12.5. The number of para-hydroxylation sites is 1. The first-order valence-corrected chi connectivity index (χ1v) is 7.30. The zero-order chi connectivity index (χ0) is 15.7. The van der Waals surface area contributed by atoms with Crippen molar-refractivity contribution in [2.75, 3.05) is 0 Å². The molecule has 1 heterocycles. The molecule has 0 atom stereocenters. The highest BCUT2D eigenvalue weighted by Gasteiger charge is 2.07. The van der Waals surface area contributed by atoms with E-state index in [-0.39, 0.29) is 5.56 Å². The fourth-order valence-corrected chi connectivity index (χ4v) is 2.47. The van der Waals surface area contributed by atoms with E-state index in [1.54, 1.807) is 43.3 Å². The molecule has 0 unspecified atom stereocenters. The number of hydrogen-bond acceptors (Lipinski definition) is 3. The van der Waals surface area contributed by atoms with Crippen LogP contribution in [-0.2, 0) is 0 Å². The molecule has 2 aromatic carbocycles. The van der Waals surface area contributed by atoms with Gasteiger partial charge in [-0.15, -0.1) is 0 Å². The van der Waals surface area contributed by atoms with Gasteiger partial charge >= 0.3 is 0 Å². The van der Waals surface area contributed by atoms with E-state index in [2.05, 4.69) is 10.1 Å². The number of hydrogen-bond donors (Lipinski definition) is 0. The van der Waals surface area contributed by atoms with E-state index >= 15 is 0 Å². The van der Waals surface area contributed by atoms with Crippen molar-refractivity contribution in [2.24, 2.45) is 5.10 Å². The number of rotatable bonds is 2. The van der Waals surface area contributed by atoms with E-state index in [4.69, 9.17) is 23.2 Å². The van der Waals surface area contributed by atoms with Crippen molar-refractivity contribution in [3.8, 4) is 0 Å². The standard InChI is InChI=1S/C16H11Cl2N3O/c1-10-20-14-8-3-2-6-12(14)16(22)21(10)19-9-11-5-4-7-13(17)15(11)18/h2-9H,1H3. The minimum atomic E-state index is -0.225. The average molecular weight is 332 g/mol. The van der Waals surface area contributed by atoms with Crippen LogP contribution < -0.4 is 5.56 Å². The highest BCUT2D eigenvalue weighted by Crippen LogP contribution is 2.24. The molecule has 0 saturated carbocycles. The Morgan fingerprint density at radius 2 is 1.91 bits per heavy atom. The van der Waals surface area contributed by atoms with Gasteiger partial charge in [0, 0.05) is 5.56 Å². The summed E-state index contributed by atoms with van der Waals surface area (Å²) in [6, 6.07) is 12.4. The Morgan fingerprint density at radius 3 is 2.73 bits per heavy atom. The predicted molar refractivity (Wildman–Crippen MR) is 90.2 cm³/mol. The van der Waals surface area contributed by atoms with Crippen LogP contribution in [0.1, 0.15) is 11.4 Å². The van der Waals surface area contributed by atoms with Crippen LogP contribution in [0.5, 0.6) is 0 Å². The Bertz CT molecular complexity index is 948. The molecule has 0 aliphatic rings. The SMILES string of the molecule is Cc1nc2ccccc2c(=O)n1N=Cc1cccc(Cl)c1Cl. The topological polar surface area (TPSA) is 47.2 Å². The molecule has 0 aliphatic carbocycles. The van der Waals surface area contributed by atoms with Gasteiger partial charge < -0.3 is 0 Å². The van der Waals surface area contributed by atoms with Gasteiger partial charge in [0.15, 0.2) is 0 Å². The van der Waals surface area contributed by atoms with Crippen LogP contribution in [0, 0.1) is 6.92 Å². The van der Waals surface area contributed by atoms with Gasteiger partial charge in [-0.25, -0.2) is 4.98 Å². The molecule has 0 saturated heterocycles. The largest absolute Gasteiger partial charge is 0.282 e. The van der Waals surface area contributed by atoms with Crippen LogP contribution in [0.25, 0.3) is 10.9 Å². The van der Waals surface area contributed by atoms with Crippen molar-refractivity contribution in [1.82, 2.24) is 9.66 Å². The molecule has 1 aromatic heterocycles. The first-order chi connectivity index (χ1) is 10.6. The third kappa shape index (κ3) is 2.63. The lowest BCUT2D eigenvalue weighted by molar-refractivity contribution is 0.771. The van der Waals surface area contributed by atoms with Crippen molar-refractivity contribution in [2.45, 2.75) is 6.92 Å². The predicted octanol–water partition coefficient (Wildman–Crippen LogP) is 3.89. The fraction of sp³-hybridized carbons (Fsp3) is 0.0625. The van der Waals surface area contributed by atoms with E-state index in [1.807, 2.05) is 6.07 Å². The van der Waals surface area contributed by atoms with Crippen molar-refractivity contribution >= 4 is 40.3 Å². The minimum Gasteiger partial charge on any atom is -0.267 e. The molecule has 110 valence electrons. The molecule has 4 nitrogen and oxygen atoms in total. The summed E-state index contributed by atoms with van der Waals surface area (Å²) < 4.78 is 1.25. The second-order valence-corrected chi connectivity index (χ2v) is 5.47. The highest BCUT2D eigenvalue weighted by atomic mass is 35.5. The van der Waals surface area contributed by atoms with Crippen molar-refractivity contribution in [3.05, 3.63) is 74.3 Å². The monoisotopic (exact) mass is 331 g/mol. The number of aryl methyl sites for hydroxylation is 1. The Balaban J connectivity index is 2.13. The second-order valence-electron chi connectivity index (χ2n) is 4.68. The maximum Gasteiger partial charge on any atom is 0.282 e. The van der Waals surface area contributed by atoms with Crippen LogP contribution in [0.4, 0.5) is 0 Å². The lowest BCUT2D eigenvalue weighted by Crippen LogP contribution is -2.20. The molecule has 3 aromatic rings. The lowest BCUT2D eigenvalue weighted by atomic mass is 10.2. The molecule has 6 heteroatoms. The van der Waals surface area contributed by atoms with Crippen LogP contribution in [0.2, 0.25) is 10.0 Å². The minimum absolute atomic E-state index is 0.225. The number of halogens is 2. The van der Waals surface area contributed by atoms with Crippen molar-refractivity contribution in [3.63, 3.8) is 0 Å². The molecular weight excluding hydrogens is 321 g/mol. The Morgan fingerprint density at radius 1 is 1.14 bits per heavy atom. The molecule has 0 aliphatic heterocycles. The molecule has 0 fully saturated rings. The quantitative estimate of drug-likeness (QED) is 0.668. The summed E-state index contributed by atoms with van der Waals surface area (Å²) in [6.45, 7) is 1.73. The van der Waals surface area contributed by atoms with Gasteiger partial charge in [0.2, 0.25) is 0 Å². The summed E-state index contributed by atoms with van der Waals surface area (Å²) >= 11 is 12.1. The number of nitrogens with zero attached hydrogens (tertiary/aromatic N) is 3. The van der Waals surface area contributed by atoms with E-state index in [0.29, 0.717) is 32.3 Å². The summed E-state index contributed by atoms with van der Waals surface area (Å²) in [5.41, 5.74) is 1.06. The highest BCUT2D eigenvalue weighted by molar-refractivity contribution is 6.43. The summed E-state index contributed by atoms with van der Waals surface area (Å²) in [5, 5.41) is 5.55. The van der Waals surface area contributed by atoms with Gasteiger partial charge in [0.1, 0.15) is 5.82 Å². The second kappa shape index (κ2) is 5.91. The van der Waals surface area contributed by atoms with Gasteiger partial charge in [-0.05, 0) is 25.1 Å². The van der Waals surface area contributed by atoms with Gasteiger partial charge in [-0.3, -0.25) is 4.79 Å². The first-order valence-electron chi connectivity index (χ1n) is 6.54. The van der Waals surface area contributed by atoms with Crippen LogP contribution in [0.3, 0.4) is 0 Å². The number of aromatic nitrogens is 2. The maximum absolute atomic E-state index is 12.5. The van der Waals surface area contributed by atoms with E-state index in [9.17, 15) is 4.79 Å². The summed E-state index contributed by atoms with van der Waals surface area (Å²) in [4.78, 5) is 16.9. The molecule has 0 spiro atoms. The van der Waals surface area contributed by atoms with Gasteiger partial charge in [-0.1, -0.05) is 47.5 Å². The third-order valence-corrected chi connectivity index (χ3v) is 4.04. The fourth-order valence-electron chi connectivity index (χ4n) is 2.11. The number of fused-ring (bicyclic) bond motifs is 1. The van der Waals surface area contributed by atoms with E-state index in [1.165, 1.54) is 10.9 Å². The normalized spacial score (nSPS) is 11.4. The summed E-state index contributed by atoms with van der Waals surface area (Å²) in [7, 11) is 0. The Kier molecular flexibility index (Phi) is 3.96. The van der Waals surface area contributed by atoms with Gasteiger partial charge in [-0.2, -0.15) is 9.78 Å². The third-order valence-electron chi connectivity index (χ3n) is 3.21. The smallest absolute Gasteiger partial charge is 0.267 e. The van der Waals surface area contributed by atoms with E-state index < -0.39 is 0 Å². The van der Waals surface area contributed by atoms with E-state index in [0.717, 1.165) is 0 Å². The van der Waals surface area contributed by atoms with Crippen LogP contribution in [-0.4, -0.2) is 15.9 Å². The lowest BCUT2D eigenvalue weighted by Gasteiger charge is -2.05. The van der Waals surface area contributed by atoms with Crippen LogP contribution >= 0.6 is 23.2 Å². The number of benzene rings is 2. The summed E-state index contributed by atoms with van der Waals surface area (Å²) in [5.74, 6) is 0.498. The molecule has 3 rings (SSSR count). The molecule has 0 amide bonds. The zero-order valence-corrected chi connectivity index (χ0v) is 13.1. The first kappa shape index (κ1) is 14.8. The van der Waals surface area contributed by atoms with Crippen molar-refractivity contribution < 1.29 is 0 Å². The molecular formula is C16H11Cl2N3O. The Hall–Kier alpha value is -2.17. The van der Waals surface area contributed by atoms with Crippen LogP contribution in [0.15, 0.2) is 52.4 Å². The van der Waals surface area contributed by atoms with Gasteiger partial charge in [0.25, 0.3) is 5.56 Å². The van der Waals surface area contributed by atoms with Gasteiger partial charge in [0.05, 0.1) is 27.2 Å². The summed E-state index contributed by atoms with van der Waals surface area (Å²) in [6.07, 6.45) is 1.50. The van der Waals surface area contributed by atoms with Crippen molar-refractivity contribution in [1.29, 1.82) is 0 Å². The zero-order valence-electron chi connectivity index (χ0n) is 11.6.